The van der Waals surface area contributed by atoms with E-state index in [2.05, 4.69) is 0 Å². The third kappa shape index (κ3) is 2.83. The van der Waals surface area contributed by atoms with Crippen LogP contribution in [-0.2, 0) is 0 Å². The standard InChI is InChI=1S/C15H8Cl2F2N2O2S/c1-7-15(24-8-2-3-9(16)10(17)4-8)21(23)14-6-12(19)11(18)5-13(14)20(7)22/h2-6H,1H3. The summed E-state index contributed by atoms with van der Waals surface area (Å²) < 4.78 is 27.6. The molecule has 1 aromatic heterocycles. The summed E-state index contributed by atoms with van der Waals surface area (Å²) in [7, 11) is 0. The third-order valence-corrected chi connectivity index (χ3v) is 5.24. The molecule has 124 valence electrons. The van der Waals surface area contributed by atoms with Gasteiger partial charge in [0.2, 0.25) is 0 Å². The summed E-state index contributed by atoms with van der Waals surface area (Å²) in [6, 6.07) is 6.12. The largest absolute Gasteiger partial charge is 0.805 e. The predicted molar refractivity (Wildman–Crippen MR) is 89.3 cm³/mol. The van der Waals surface area contributed by atoms with Crippen molar-refractivity contribution in [1.29, 1.82) is 0 Å². The van der Waals surface area contributed by atoms with Crippen LogP contribution in [0.25, 0.3) is 11.0 Å². The molecule has 3 rings (SSSR count). The van der Waals surface area contributed by atoms with Crippen LogP contribution in [0.15, 0.2) is 40.3 Å². The minimum Gasteiger partial charge on any atom is -0.805 e. The summed E-state index contributed by atoms with van der Waals surface area (Å²) in [5, 5.41) is 13.0. The average Bonchev–Trinajstić information content (AvgIpc) is 2.55. The van der Waals surface area contributed by atoms with Crippen molar-refractivity contribution in [2.24, 2.45) is 0 Å². The van der Waals surface area contributed by atoms with E-state index in [9.17, 15) is 18.9 Å². The molecule has 0 aliphatic carbocycles. The van der Waals surface area contributed by atoms with Gasteiger partial charge in [-0.15, -0.1) is 0 Å². The molecule has 0 unspecified atom stereocenters. The molecule has 0 aliphatic rings. The molecule has 0 aliphatic heterocycles. The second kappa shape index (κ2) is 6.23. The highest BCUT2D eigenvalue weighted by molar-refractivity contribution is 7.99. The fraction of sp³-hybridized carbons (Fsp3) is 0.0667. The van der Waals surface area contributed by atoms with Crippen molar-refractivity contribution in [3.8, 4) is 0 Å². The van der Waals surface area contributed by atoms with Crippen LogP contribution in [0, 0.1) is 28.7 Å². The van der Waals surface area contributed by atoms with Crippen LogP contribution in [0.4, 0.5) is 8.78 Å². The molecule has 0 radical (unpaired) electrons. The van der Waals surface area contributed by atoms with E-state index in [0.717, 1.165) is 11.8 Å². The van der Waals surface area contributed by atoms with Crippen molar-refractivity contribution in [2.45, 2.75) is 16.8 Å². The van der Waals surface area contributed by atoms with Gasteiger partial charge in [-0.25, -0.2) is 8.78 Å². The number of rotatable bonds is 2. The molecular weight excluding hydrogens is 381 g/mol. The molecule has 4 nitrogen and oxygen atoms in total. The molecule has 0 bridgehead atoms. The van der Waals surface area contributed by atoms with E-state index < -0.39 is 11.6 Å². The minimum atomic E-state index is -1.21. The highest BCUT2D eigenvalue weighted by Crippen LogP contribution is 2.33. The molecule has 9 heteroatoms. The number of halogens is 4. The maximum absolute atomic E-state index is 13.4. The van der Waals surface area contributed by atoms with E-state index in [1.54, 1.807) is 18.2 Å². The Morgan fingerprint density at radius 2 is 1.79 bits per heavy atom. The van der Waals surface area contributed by atoms with Gasteiger partial charge in [0.15, 0.2) is 11.6 Å². The van der Waals surface area contributed by atoms with Crippen LogP contribution in [0.5, 0.6) is 0 Å². The Morgan fingerprint density at radius 3 is 2.46 bits per heavy atom. The molecule has 0 saturated heterocycles. The van der Waals surface area contributed by atoms with Crippen molar-refractivity contribution < 1.29 is 13.2 Å². The zero-order valence-electron chi connectivity index (χ0n) is 12.0. The predicted octanol–water partition coefficient (Wildman–Crippen LogP) is 4.95. The lowest BCUT2D eigenvalue weighted by Crippen LogP contribution is -2.24. The Bertz CT molecular complexity index is 1040. The molecule has 24 heavy (non-hydrogen) atoms. The first-order chi connectivity index (χ1) is 11.3. The van der Waals surface area contributed by atoms with Crippen molar-refractivity contribution in [1.82, 2.24) is 4.73 Å². The van der Waals surface area contributed by atoms with Crippen LogP contribution >= 0.6 is 35.0 Å². The normalized spacial score (nSPS) is 11.2. The summed E-state index contributed by atoms with van der Waals surface area (Å²) in [5.41, 5.74) is -0.462. The number of nitrogens with zero attached hydrogens (tertiary/aromatic N) is 2. The first-order valence-electron chi connectivity index (χ1n) is 6.57. The minimum absolute atomic E-state index is 0.0295. The highest BCUT2D eigenvalue weighted by atomic mass is 35.5. The second-order valence-corrected chi connectivity index (χ2v) is 6.79. The van der Waals surface area contributed by atoms with Gasteiger partial charge in [-0.05, 0) is 36.9 Å². The van der Waals surface area contributed by atoms with E-state index in [4.69, 9.17) is 23.2 Å². The number of hydrogen-bond donors (Lipinski definition) is 0. The number of fused-ring (bicyclic) bond motifs is 1. The summed E-state index contributed by atoms with van der Waals surface area (Å²) in [4.78, 5) is 13.1. The molecule has 0 saturated carbocycles. The van der Waals surface area contributed by atoms with E-state index in [1.807, 2.05) is 0 Å². The van der Waals surface area contributed by atoms with Gasteiger partial charge in [0.1, 0.15) is 5.52 Å². The molecule has 1 heterocycles. The molecule has 2 aromatic carbocycles. The lowest BCUT2D eigenvalue weighted by atomic mass is 10.2. The van der Waals surface area contributed by atoms with Crippen LogP contribution in [0.3, 0.4) is 0 Å². The summed E-state index contributed by atoms with van der Waals surface area (Å²) in [6.45, 7) is 1.42. The molecule has 0 fully saturated rings. The molecule has 3 aromatic rings. The SMILES string of the molecule is Cc1c(Sc2ccc(Cl)c(Cl)c2)[n+](=O)c2cc(F)c(F)cc2n1[O-]. The number of aromatic nitrogens is 2. The third-order valence-electron chi connectivity index (χ3n) is 3.36. The Kier molecular flexibility index (Phi) is 4.42. The van der Waals surface area contributed by atoms with Gasteiger partial charge in [0.05, 0.1) is 26.2 Å². The fourth-order valence-electron chi connectivity index (χ4n) is 2.14. The maximum Gasteiger partial charge on any atom is 0.320 e. The fourth-order valence-corrected chi connectivity index (χ4v) is 3.45. The lowest BCUT2D eigenvalue weighted by Gasteiger charge is -2.16. The van der Waals surface area contributed by atoms with Gasteiger partial charge < -0.3 is 9.94 Å². The van der Waals surface area contributed by atoms with Crippen molar-refractivity contribution in [3.63, 3.8) is 0 Å². The van der Waals surface area contributed by atoms with E-state index in [0.29, 0.717) is 36.2 Å². The van der Waals surface area contributed by atoms with Gasteiger partial charge in [-0.2, -0.15) is 0 Å². The summed E-state index contributed by atoms with van der Waals surface area (Å²) >= 11 is 12.8. The van der Waals surface area contributed by atoms with Crippen LogP contribution < -0.4 is 4.43 Å². The monoisotopic (exact) mass is 388 g/mol. The van der Waals surface area contributed by atoms with Crippen LogP contribution in [0.2, 0.25) is 10.0 Å². The Hall–Kier alpha value is -1.83. The maximum atomic E-state index is 13.4. The highest BCUT2D eigenvalue weighted by Gasteiger charge is 2.23. The van der Waals surface area contributed by atoms with E-state index in [1.165, 1.54) is 6.92 Å². The number of benzene rings is 2. The van der Waals surface area contributed by atoms with Gasteiger partial charge in [-0.3, -0.25) is 0 Å². The first kappa shape index (κ1) is 17.0. The van der Waals surface area contributed by atoms with Crippen LogP contribution in [-0.4, -0.2) is 4.73 Å². The molecule has 0 amide bonds. The van der Waals surface area contributed by atoms with E-state index >= 15 is 0 Å². The lowest BCUT2D eigenvalue weighted by molar-refractivity contribution is -0.511. The molecule has 0 atom stereocenters. The summed E-state index contributed by atoms with van der Waals surface area (Å²) in [6.07, 6.45) is 0. The van der Waals surface area contributed by atoms with Gasteiger partial charge >= 0.3 is 5.03 Å². The summed E-state index contributed by atoms with van der Waals surface area (Å²) in [5.74, 6) is -2.40. The molecular formula is C15H8Cl2F2N2O2S. The van der Waals surface area contributed by atoms with E-state index in [-0.39, 0.29) is 21.8 Å². The number of hydrogen-bond acceptors (Lipinski definition) is 3. The molecule has 0 N–H and O–H groups in total. The Morgan fingerprint density at radius 1 is 1.12 bits per heavy atom. The first-order valence-corrected chi connectivity index (χ1v) is 8.14. The van der Waals surface area contributed by atoms with Crippen molar-refractivity contribution >= 4 is 46.0 Å². The smallest absolute Gasteiger partial charge is 0.320 e. The quantitative estimate of drug-likeness (QED) is 0.583. The van der Waals surface area contributed by atoms with Crippen molar-refractivity contribution in [3.05, 3.63) is 67.8 Å². The zero-order chi connectivity index (χ0) is 17.6. The average molecular weight is 389 g/mol. The van der Waals surface area contributed by atoms with Crippen molar-refractivity contribution in [2.75, 3.05) is 0 Å². The Balaban J connectivity index is 2.23. The molecule has 0 spiro atoms. The van der Waals surface area contributed by atoms with Gasteiger partial charge in [-0.1, -0.05) is 23.2 Å². The Labute approximate surface area is 148 Å². The van der Waals surface area contributed by atoms with Gasteiger partial charge in [0.25, 0.3) is 5.52 Å². The zero-order valence-corrected chi connectivity index (χ0v) is 14.3. The second-order valence-electron chi connectivity index (χ2n) is 4.91. The van der Waals surface area contributed by atoms with Gasteiger partial charge in [0, 0.05) is 15.9 Å². The van der Waals surface area contributed by atoms with Crippen LogP contribution in [0.1, 0.15) is 5.69 Å². The topological polar surface area (TPSA) is 51.0 Å².